The minimum Gasteiger partial charge on any atom is -0.480 e. The highest BCUT2D eigenvalue weighted by Crippen LogP contribution is 2.39. The molecule has 0 aromatic heterocycles. The molecule has 19 heavy (non-hydrogen) atoms. The van der Waals surface area contributed by atoms with E-state index in [0.717, 1.165) is 32.1 Å². The predicted molar refractivity (Wildman–Crippen MR) is 74.8 cm³/mol. The summed E-state index contributed by atoms with van der Waals surface area (Å²) in [4.78, 5) is 23.6. The Balaban J connectivity index is 2.71. The quantitative estimate of drug-likeness (QED) is 0.727. The Kier molecular flexibility index (Phi) is 6.06. The second-order valence-corrected chi connectivity index (χ2v) is 5.36. The van der Waals surface area contributed by atoms with E-state index >= 15 is 0 Å². The van der Waals surface area contributed by atoms with Gasteiger partial charge in [-0.15, -0.1) is 0 Å². The molecular formula is C15H25NO3. The van der Waals surface area contributed by atoms with Crippen molar-refractivity contribution in [2.75, 3.05) is 0 Å². The Morgan fingerprint density at radius 3 is 2.42 bits per heavy atom. The molecule has 1 amide bonds. The fraction of sp³-hybridized carbons (Fsp3) is 0.733. The Hall–Kier alpha value is -1.32. The molecule has 1 aliphatic rings. The number of hydrogen-bond acceptors (Lipinski definition) is 2. The summed E-state index contributed by atoms with van der Waals surface area (Å²) in [6.45, 7) is 3.86. The van der Waals surface area contributed by atoms with Crippen LogP contribution < -0.4 is 5.32 Å². The number of carboxylic acids is 1. The third-order valence-corrected chi connectivity index (χ3v) is 4.18. The highest BCUT2D eigenvalue weighted by atomic mass is 16.4. The monoisotopic (exact) mass is 267 g/mol. The summed E-state index contributed by atoms with van der Waals surface area (Å²) < 4.78 is 0. The SMILES string of the molecule is C/C=C/CC(NC(=O)C1(CC)CCCCC1)C(=O)O. The average Bonchev–Trinajstić information content (AvgIpc) is 2.43. The van der Waals surface area contributed by atoms with Gasteiger partial charge in [-0.05, 0) is 32.6 Å². The zero-order valence-corrected chi connectivity index (χ0v) is 11.9. The van der Waals surface area contributed by atoms with Gasteiger partial charge in [-0.25, -0.2) is 4.79 Å². The minimum atomic E-state index is -0.964. The van der Waals surface area contributed by atoms with Crippen LogP contribution in [0.5, 0.6) is 0 Å². The van der Waals surface area contributed by atoms with Crippen LogP contribution in [-0.2, 0) is 9.59 Å². The largest absolute Gasteiger partial charge is 0.480 e. The van der Waals surface area contributed by atoms with E-state index in [1.807, 2.05) is 13.8 Å². The molecule has 0 bridgehead atoms. The second-order valence-electron chi connectivity index (χ2n) is 5.36. The first-order valence-electron chi connectivity index (χ1n) is 7.20. The molecule has 0 aromatic carbocycles. The van der Waals surface area contributed by atoms with E-state index in [4.69, 9.17) is 5.11 Å². The summed E-state index contributed by atoms with van der Waals surface area (Å²) in [6.07, 6.45) is 9.78. The molecule has 1 fully saturated rings. The zero-order valence-electron chi connectivity index (χ0n) is 11.9. The molecule has 1 rings (SSSR count). The summed E-state index contributed by atoms with van der Waals surface area (Å²) >= 11 is 0. The van der Waals surface area contributed by atoms with Gasteiger partial charge in [0.05, 0.1) is 0 Å². The maximum Gasteiger partial charge on any atom is 0.326 e. The Labute approximate surface area is 115 Å². The number of rotatable bonds is 6. The molecule has 1 unspecified atom stereocenters. The van der Waals surface area contributed by atoms with Crippen molar-refractivity contribution in [2.45, 2.75) is 64.8 Å². The molecule has 0 aromatic rings. The van der Waals surface area contributed by atoms with Crippen LogP contribution in [0.4, 0.5) is 0 Å². The lowest BCUT2D eigenvalue weighted by atomic mass is 9.71. The predicted octanol–water partition coefficient (Wildman–Crippen LogP) is 2.88. The number of carbonyl (C=O) groups excluding carboxylic acids is 1. The van der Waals surface area contributed by atoms with E-state index in [9.17, 15) is 9.59 Å². The van der Waals surface area contributed by atoms with Gasteiger partial charge in [-0.3, -0.25) is 4.79 Å². The van der Waals surface area contributed by atoms with Gasteiger partial charge in [0, 0.05) is 5.41 Å². The summed E-state index contributed by atoms with van der Waals surface area (Å²) in [5.41, 5.74) is -0.345. The molecule has 1 atom stereocenters. The molecule has 2 N–H and O–H groups in total. The van der Waals surface area contributed by atoms with E-state index in [2.05, 4.69) is 5.32 Å². The van der Waals surface area contributed by atoms with Crippen molar-refractivity contribution in [3.05, 3.63) is 12.2 Å². The lowest BCUT2D eigenvalue weighted by Crippen LogP contribution is -2.49. The molecule has 108 valence electrons. The summed E-state index contributed by atoms with van der Waals surface area (Å²) in [5, 5.41) is 11.9. The molecule has 0 radical (unpaired) electrons. The van der Waals surface area contributed by atoms with Crippen LogP contribution in [0.1, 0.15) is 58.8 Å². The fourth-order valence-electron chi connectivity index (χ4n) is 2.77. The van der Waals surface area contributed by atoms with Gasteiger partial charge in [0.25, 0.3) is 0 Å². The maximum absolute atomic E-state index is 12.4. The Morgan fingerprint density at radius 1 is 1.32 bits per heavy atom. The van der Waals surface area contributed by atoms with Crippen LogP contribution in [-0.4, -0.2) is 23.0 Å². The Bertz CT molecular complexity index is 343. The standard InChI is InChI=1S/C15H25NO3/c1-3-5-9-12(13(17)18)16-14(19)15(4-2)10-7-6-8-11-15/h3,5,12H,4,6-11H2,1-2H3,(H,16,19)(H,17,18)/b5-3+. The van der Waals surface area contributed by atoms with Gasteiger partial charge in [0.1, 0.15) is 6.04 Å². The van der Waals surface area contributed by atoms with Gasteiger partial charge < -0.3 is 10.4 Å². The van der Waals surface area contributed by atoms with Gasteiger partial charge in [-0.2, -0.15) is 0 Å². The van der Waals surface area contributed by atoms with Crippen molar-refractivity contribution in [1.82, 2.24) is 5.32 Å². The molecule has 0 aliphatic heterocycles. The molecule has 4 nitrogen and oxygen atoms in total. The Morgan fingerprint density at radius 2 is 1.95 bits per heavy atom. The third-order valence-electron chi connectivity index (χ3n) is 4.18. The molecule has 1 saturated carbocycles. The van der Waals surface area contributed by atoms with Crippen LogP contribution in [0.15, 0.2) is 12.2 Å². The van der Waals surface area contributed by atoms with Gasteiger partial charge in [0.2, 0.25) is 5.91 Å². The highest BCUT2D eigenvalue weighted by molar-refractivity contribution is 5.87. The molecule has 0 saturated heterocycles. The first-order valence-corrected chi connectivity index (χ1v) is 7.20. The van der Waals surface area contributed by atoms with Crippen LogP contribution in [0, 0.1) is 5.41 Å². The lowest BCUT2D eigenvalue weighted by molar-refractivity contribution is -0.144. The van der Waals surface area contributed by atoms with Crippen LogP contribution in [0.2, 0.25) is 0 Å². The fourth-order valence-corrected chi connectivity index (χ4v) is 2.77. The van der Waals surface area contributed by atoms with Crippen molar-refractivity contribution >= 4 is 11.9 Å². The first kappa shape index (κ1) is 15.7. The second kappa shape index (κ2) is 7.31. The van der Waals surface area contributed by atoms with Crippen LogP contribution >= 0.6 is 0 Å². The number of hydrogen-bond donors (Lipinski definition) is 2. The number of carboxylic acid groups (broad SMARTS) is 1. The van der Waals surface area contributed by atoms with E-state index < -0.39 is 12.0 Å². The van der Waals surface area contributed by atoms with Crippen molar-refractivity contribution in [3.63, 3.8) is 0 Å². The number of aliphatic carboxylic acids is 1. The molecular weight excluding hydrogens is 242 g/mol. The average molecular weight is 267 g/mol. The number of carbonyl (C=O) groups is 2. The molecule has 0 heterocycles. The van der Waals surface area contributed by atoms with Gasteiger partial charge >= 0.3 is 5.97 Å². The van der Waals surface area contributed by atoms with Crippen molar-refractivity contribution in [1.29, 1.82) is 0 Å². The smallest absolute Gasteiger partial charge is 0.326 e. The minimum absolute atomic E-state index is 0.0772. The number of nitrogens with one attached hydrogen (secondary N) is 1. The number of amides is 1. The summed E-state index contributed by atoms with van der Waals surface area (Å²) in [7, 11) is 0. The maximum atomic E-state index is 12.4. The van der Waals surface area contributed by atoms with E-state index in [0.29, 0.717) is 6.42 Å². The summed E-state index contributed by atoms with van der Waals surface area (Å²) in [6, 6.07) is -0.811. The number of allylic oxidation sites excluding steroid dienone is 1. The van der Waals surface area contributed by atoms with E-state index in [1.165, 1.54) is 6.42 Å². The van der Waals surface area contributed by atoms with Crippen molar-refractivity contribution in [2.24, 2.45) is 5.41 Å². The normalized spacial score (nSPS) is 20.1. The highest BCUT2D eigenvalue weighted by Gasteiger charge is 2.39. The van der Waals surface area contributed by atoms with Crippen LogP contribution in [0.3, 0.4) is 0 Å². The van der Waals surface area contributed by atoms with Crippen molar-refractivity contribution < 1.29 is 14.7 Å². The molecule has 1 aliphatic carbocycles. The van der Waals surface area contributed by atoms with Crippen molar-refractivity contribution in [3.8, 4) is 0 Å². The van der Waals surface area contributed by atoms with E-state index in [1.54, 1.807) is 12.2 Å². The molecule has 4 heteroatoms. The van der Waals surface area contributed by atoms with E-state index in [-0.39, 0.29) is 11.3 Å². The third kappa shape index (κ3) is 4.08. The first-order chi connectivity index (χ1) is 9.05. The molecule has 0 spiro atoms. The topological polar surface area (TPSA) is 66.4 Å². The van der Waals surface area contributed by atoms with Gasteiger partial charge in [-0.1, -0.05) is 38.3 Å². The van der Waals surface area contributed by atoms with Gasteiger partial charge in [0.15, 0.2) is 0 Å². The zero-order chi connectivity index (χ0) is 14.3. The summed E-state index contributed by atoms with van der Waals surface area (Å²) in [5.74, 6) is -1.04. The lowest BCUT2D eigenvalue weighted by Gasteiger charge is -2.35. The van der Waals surface area contributed by atoms with Crippen LogP contribution in [0.25, 0.3) is 0 Å².